The van der Waals surface area contributed by atoms with Crippen LogP contribution in [0.25, 0.3) is 0 Å². The van der Waals surface area contributed by atoms with Crippen LogP contribution < -0.4 is 16.2 Å². The molecule has 22 heavy (non-hydrogen) atoms. The Morgan fingerprint density at radius 3 is 2.91 bits per heavy atom. The molecule has 1 saturated heterocycles. The molecule has 0 bridgehead atoms. The number of fused-ring (bicyclic) bond motifs is 1. The van der Waals surface area contributed by atoms with E-state index in [0.717, 1.165) is 18.8 Å². The highest BCUT2D eigenvalue weighted by molar-refractivity contribution is 5.94. The van der Waals surface area contributed by atoms with Gasteiger partial charge in [0.2, 0.25) is 5.91 Å². The Morgan fingerprint density at radius 2 is 2.09 bits per heavy atom. The average Bonchev–Trinajstić information content (AvgIpc) is 2.56. The van der Waals surface area contributed by atoms with Crippen LogP contribution in [0.3, 0.4) is 0 Å². The van der Waals surface area contributed by atoms with Crippen LogP contribution in [-0.2, 0) is 11.3 Å². The molecule has 1 saturated carbocycles. The smallest absolute Gasteiger partial charge is 0.250 e. The first kappa shape index (κ1) is 15.3. The van der Waals surface area contributed by atoms with Crippen molar-refractivity contribution in [3.8, 4) is 0 Å². The molecule has 5 heteroatoms. The van der Waals surface area contributed by atoms with Crippen molar-refractivity contribution in [2.75, 3.05) is 5.32 Å². The average molecular weight is 303 g/mol. The van der Waals surface area contributed by atoms with Gasteiger partial charge in [-0.05, 0) is 44.6 Å². The van der Waals surface area contributed by atoms with Crippen LogP contribution in [0.2, 0.25) is 0 Å². The summed E-state index contributed by atoms with van der Waals surface area (Å²) in [6.45, 7) is 2.52. The highest BCUT2D eigenvalue weighted by Crippen LogP contribution is 2.32. The van der Waals surface area contributed by atoms with Gasteiger partial charge in [-0.25, -0.2) is 0 Å². The van der Waals surface area contributed by atoms with Crippen LogP contribution in [0.1, 0.15) is 45.4 Å². The molecule has 2 fully saturated rings. The number of nitrogens with zero attached hydrogens (tertiary/aromatic N) is 1. The van der Waals surface area contributed by atoms with E-state index >= 15 is 0 Å². The number of hydrogen-bond donors (Lipinski definition) is 2. The van der Waals surface area contributed by atoms with Gasteiger partial charge in [0.15, 0.2) is 0 Å². The number of anilines is 1. The maximum absolute atomic E-state index is 12.5. The predicted molar refractivity (Wildman–Crippen MR) is 86.9 cm³/mol. The van der Waals surface area contributed by atoms with E-state index in [1.807, 2.05) is 6.92 Å². The molecule has 2 aliphatic rings. The van der Waals surface area contributed by atoms with Gasteiger partial charge in [-0.2, -0.15) is 0 Å². The van der Waals surface area contributed by atoms with Crippen molar-refractivity contribution >= 4 is 11.6 Å². The highest BCUT2D eigenvalue weighted by Gasteiger charge is 2.34. The third-order valence-corrected chi connectivity index (χ3v) is 5.06. The molecule has 0 radical (unpaired) electrons. The summed E-state index contributed by atoms with van der Waals surface area (Å²) in [6.07, 6.45) is 8.85. The summed E-state index contributed by atoms with van der Waals surface area (Å²) < 4.78 is 1.60. The highest BCUT2D eigenvalue weighted by atomic mass is 16.2. The van der Waals surface area contributed by atoms with Crippen molar-refractivity contribution in [3.63, 3.8) is 0 Å². The fourth-order valence-corrected chi connectivity index (χ4v) is 3.78. The number of rotatable bonds is 3. The molecular formula is C17H25N3O2. The van der Waals surface area contributed by atoms with Crippen LogP contribution in [0, 0.1) is 5.92 Å². The largest absolute Gasteiger partial charge is 0.323 e. The van der Waals surface area contributed by atoms with Gasteiger partial charge in [-0.15, -0.1) is 0 Å². The van der Waals surface area contributed by atoms with Gasteiger partial charge in [0.1, 0.15) is 0 Å². The molecule has 1 amide bonds. The van der Waals surface area contributed by atoms with Crippen LogP contribution in [-0.4, -0.2) is 22.6 Å². The first-order chi connectivity index (χ1) is 10.7. The zero-order valence-electron chi connectivity index (χ0n) is 13.2. The molecule has 1 aliphatic carbocycles. The number of carbonyl (C=O) groups is 1. The van der Waals surface area contributed by atoms with Crippen LogP contribution >= 0.6 is 0 Å². The van der Waals surface area contributed by atoms with Crippen LogP contribution in [0.5, 0.6) is 0 Å². The summed E-state index contributed by atoms with van der Waals surface area (Å²) in [7, 11) is 0. The fraction of sp³-hybridized carbons (Fsp3) is 0.647. The van der Waals surface area contributed by atoms with Crippen molar-refractivity contribution < 1.29 is 4.79 Å². The number of nitrogens with one attached hydrogen (secondary N) is 2. The number of pyridine rings is 1. The van der Waals surface area contributed by atoms with E-state index < -0.39 is 0 Å². The molecule has 3 rings (SSSR count). The molecule has 1 aromatic rings. The maximum Gasteiger partial charge on any atom is 0.250 e. The van der Waals surface area contributed by atoms with Gasteiger partial charge in [0.05, 0.1) is 11.7 Å². The first-order valence-corrected chi connectivity index (χ1v) is 8.45. The predicted octanol–water partition coefficient (Wildman–Crippen LogP) is 2.12. The van der Waals surface area contributed by atoms with Crippen molar-refractivity contribution in [2.24, 2.45) is 5.92 Å². The molecule has 3 atom stereocenters. The Bertz CT molecular complexity index is 596. The Kier molecular flexibility index (Phi) is 4.62. The molecule has 1 aromatic heterocycles. The molecule has 120 valence electrons. The third kappa shape index (κ3) is 3.24. The fourth-order valence-electron chi connectivity index (χ4n) is 3.78. The van der Waals surface area contributed by atoms with E-state index in [-0.39, 0.29) is 17.5 Å². The summed E-state index contributed by atoms with van der Waals surface area (Å²) in [6, 6.07) is 3.58. The molecule has 0 aromatic carbocycles. The van der Waals surface area contributed by atoms with Crippen molar-refractivity contribution in [1.29, 1.82) is 0 Å². The van der Waals surface area contributed by atoms with E-state index in [4.69, 9.17) is 0 Å². The summed E-state index contributed by atoms with van der Waals surface area (Å²) >= 11 is 0. The summed E-state index contributed by atoms with van der Waals surface area (Å²) in [4.78, 5) is 24.1. The second-order valence-corrected chi connectivity index (χ2v) is 6.48. The Balaban J connectivity index is 1.63. The zero-order valence-corrected chi connectivity index (χ0v) is 13.2. The Morgan fingerprint density at radius 1 is 1.27 bits per heavy atom. The summed E-state index contributed by atoms with van der Waals surface area (Å²) in [5.41, 5.74) is 0.653. The number of amides is 1. The summed E-state index contributed by atoms with van der Waals surface area (Å²) in [5, 5.41) is 6.48. The van der Waals surface area contributed by atoms with Crippen molar-refractivity contribution in [2.45, 2.75) is 64.1 Å². The Labute approximate surface area is 131 Å². The second kappa shape index (κ2) is 6.65. The van der Waals surface area contributed by atoms with E-state index in [2.05, 4.69) is 10.6 Å². The molecule has 2 heterocycles. The summed E-state index contributed by atoms with van der Waals surface area (Å²) in [5.74, 6) is 0.769. The zero-order chi connectivity index (χ0) is 15.5. The lowest BCUT2D eigenvalue weighted by Gasteiger charge is -2.39. The van der Waals surface area contributed by atoms with E-state index in [1.54, 1.807) is 16.8 Å². The molecule has 0 spiro atoms. The van der Waals surface area contributed by atoms with E-state index in [1.165, 1.54) is 31.7 Å². The minimum absolute atomic E-state index is 0.0188. The number of piperidine rings is 1. The molecule has 3 unspecified atom stereocenters. The minimum Gasteiger partial charge on any atom is -0.323 e. The molecule has 2 N–H and O–H groups in total. The Hall–Kier alpha value is -1.62. The molecular weight excluding hydrogens is 278 g/mol. The lowest BCUT2D eigenvalue weighted by atomic mass is 9.77. The van der Waals surface area contributed by atoms with Gasteiger partial charge in [0.25, 0.3) is 5.56 Å². The lowest BCUT2D eigenvalue weighted by Crippen LogP contribution is -2.53. The number of carbonyl (C=O) groups excluding carboxylic acids is 1. The number of aryl methyl sites for hydroxylation is 1. The second-order valence-electron chi connectivity index (χ2n) is 6.48. The first-order valence-electron chi connectivity index (χ1n) is 8.45. The quantitative estimate of drug-likeness (QED) is 0.899. The van der Waals surface area contributed by atoms with Gasteiger partial charge in [0, 0.05) is 24.8 Å². The number of hydrogen-bond acceptors (Lipinski definition) is 3. The number of aromatic nitrogens is 1. The standard InChI is InChI=1S/C17H25N3O2/c1-2-20-11-13(8-10-16(20)21)18-17(22)15-9-7-12-5-3-4-6-14(12)19-15/h8,10-12,14-15,19H,2-7,9H2,1H3,(H,18,22). The van der Waals surface area contributed by atoms with Gasteiger partial charge >= 0.3 is 0 Å². The lowest BCUT2D eigenvalue weighted by molar-refractivity contribution is -0.119. The normalized spacial score (nSPS) is 28.0. The van der Waals surface area contributed by atoms with E-state index in [0.29, 0.717) is 18.3 Å². The van der Waals surface area contributed by atoms with Crippen LogP contribution in [0.4, 0.5) is 5.69 Å². The topological polar surface area (TPSA) is 63.1 Å². The van der Waals surface area contributed by atoms with Crippen LogP contribution in [0.15, 0.2) is 23.1 Å². The molecule has 5 nitrogen and oxygen atoms in total. The van der Waals surface area contributed by atoms with Gasteiger partial charge in [-0.1, -0.05) is 12.8 Å². The monoisotopic (exact) mass is 303 g/mol. The third-order valence-electron chi connectivity index (χ3n) is 5.06. The molecule has 1 aliphatic heterocycles. The maximum atomic E-state index is 12.5. The van der Waals surface area contributed by atoms with E-state index in [9.17, 15) is 9.59 Å². The SMILES string of the molecule is CCn1cc(NC(=O)C2CCC3CCCCC3N2)ccc1=O. The van der Waals surface area contributed by atoms with Crippen molar-refractivity contribution in [3.05, 3.63) is 28.7 Å². The van der Waals surface area contributed by atoms with Gasteiger partial charge < -0.3 is 15.2 Å². The minimum atomic E-state index is -0.110. The van der Waals surface area contributed by atoms with Crippen molar-refractivity contribution in [1.82, 2.24) is 9.88 Å². The van der Waals surface area contributed by atoms with Gasteiger partial charge in [-0.3, -0.25) is 9.59 Å².